The van der Waals surface area contributed by atoms with Crippen LogP contribution in [0.2, 0.25) is 0 Å². The lowest BCUT2D eigenvalue weighted by Gasteiger charge is -2.34. The third-order valence-corrected chi connectivity index (χ3v) is 4.42. The van der Waals surface area contributed by atoms with Crippen LogP contribution in [0.25, 0.3) is 0 Å². The van der Waals surface area contributed by atoms with Crippen molar-refractivity contribution in [2.24, 2.45) is 23.7 Å². The lowest BCUT2D eigenvalue weighted by atomic mass is 9.70. The minimum atomic E-state index is 0.495. The Morgan fingerprint density at radius 3 is 2.83 bits per heavy atom. The number of hydrogen-bond acceptors (Lipinski definition) is 1. The molecular weight excluding hydrogens is 148 g/mol. The number of hydrogen-bond donors (Lipinski definition) is 0. The van der Waals surface area contributed by atoms with Gasteiger partial charge in [0.15, 0.2) is 0 Å². The molecule has 3 aliphatic rings. The van der Waals surface area contributed by atoms with Crippen molar-refractivity contribution >= 4 is 5.78 Å². The normalized spacial score (nSPS) is 51.2. The number of Topliss-reactive ketones (excluding diaryl/α,β-unsaturated/α-hetero) is 1. The third kappa shape index (κ3) is 0.826. The van der Waals surface area contributed by atoms with Gasteiger partial charge in [0.2, 0.25) is 0 Å². The van der Waals surface area contributed by atoms with E-state index in [1.807, 2.05) is 0 Å². The van der Waals surface area contributed by atoms with Crippen molar-refractivity contribution in [3.05, 3.63) is 0 Å². The highest BCUT2D eigenvalue weighted by molar-refractivity contribution is 5.82. The Kier molecular flexibility index (Phi) is 1.38. The molecule has 0 unspecified atom stereocenters. The van der Waals surface area contributed by atoms with Crippen LogP contribution in [0.5, 0.6) is 0 Å². The van der Waals surface area contributed by atoms with E-state index < -0.39 is 0 Å². The van der Waals surface area contributed by atoms with Gasteiger partial charge in [-0.2, -0.15) is 0 Å². The second-order valence-corrected chi connectivity index (χ2v) is 4.95. The van der Waals surface area contributed by atoms with Gasteiger partial charge in [0.25, 0.3) is 0 Å². The predicted octanol–water partition coefficient (Wildman–Crippen LogP) is 2.40. The Hall–Kier alpha value is -0.330. The van der Waals surface area contributed by atoms with Crippen molar-refractivity contribution in [3.8, 4) is 0 Å². The molecular formula is C11H16O. The molecule has 3 fully saturated rings. The van der Waals surface area contributed by atoms with Gasteiger partial charge < -0.3 is 0 Å². The van der Waals surface area contributed by atoms with Crippen molar-refractivity contribution in [1.82, 2.24) is 0 Å². The molecule has 4 atom stereocenters. The summed E-state index contributed by atoms with van der Waals surface area (Å²) in [4.78, 5) is 11.6. The van der Waals surface area contributed by atoms with E-state index in [4.69, 9.17) is 0 Å². The molecule has 0 N–H and O–H groups in total. The van der Waals surface area contributed by atoms with Gasteiger partial charge in [-0.05, 0) is 37.0 Å². The second-order valence-electron chi connectivity index (χ2n) is 4.95. The van der Waals surface area contributed by atoms with Crippen LogP contribution in [-0.4, -0.2) is 5.78 Å². The van der Waals surface area contributed by atoms with Gasteiger partial charge in [-0.25, -0.2) is 0 Å². The van der Waals surface area contributed by atoms with Gasteiger partial charge in [-0.3, -0.25) is 4.79 Å². The monoisotopic (exact) mass is 164 g/mol. The van der Waals surface area contributed by atoms with E-state index in [9.17, 15) is 4.79 Å². The molecule has 0 aromatic heterocycles. The van der Waals surface area contributed by atoms with E-state index in [2.05, 4.69) is 0 Å². The molecule has 12 heavy (non-hydrogen) atoms. The van der Waals surface area contributed by atoms with Gasteiger partial charge in [0.1, 0.15) is 5.78 Å². The molecule has 3 saturated carbocycles. The molecule has 0 aromatic rings. The van der Waals surface area contributed by atoms with Crippen LogP contribution in [0, 0.1) is 23.7 Å². The molecule has 0 amide bonds. The SMILES string of the molecule is O=C1C[C@H]2CCC[C@H]3C[C@@H]1C[C@@H]23. The molecule has 0 aliphatic heterocycles. The number of rotatable bonds is 0. The summed E-state index contributed by atoms with van der Waals surface area (Å²) in [5, 5.41) is 0. The summed E-state index contributed by atoms with van der Waals surface area (Å²) < 4.78 is 0. The Labute approximate surface area is 73.5 Å². The molecule has 1 heteroatoms. The van der Waals surface area contributed by atoms with Gasteiger partial charge in [-0.1, -0.05) is 12.8 Å². The quantitative estimate of drug-likeness (QED) is 0.537. The van der Waals surface area contributed by atoms with Gasteiger partial charge in [0.05, 0.1) is 0 Å². The van der Waals surface area contributed by atoms with Crippen molar-refractivity contribution < 1.29 is 4.79 Å². The summed E-state index contributed by atoms with van der Waals surface area (Å²) in [6.07, 6.45) is 7.61. The molecule has 2 bridgehead atoms. The number of carbonyl (C=O) groups excluding carboxylic acids is 1. The average molecular weight is 164 g/mol. The van der Waals surface area contributed by atoms with E-state index in [1.165, 1.54) is 32.1 Å². The zero-order valence-corrected chi connectivity index (χ0v) is 7.46. The minimum absolute atomic E-state index is 0.495. The lowest BCUT2D eigenvalue weighted by molar-refractivity contribution is -0.125. The van der Waals surface area contributed by atoms with E-state index in [1.54, 1.807) is 0 Å². The van der Waals surface area contributed by atoms with Crippen molar-refractivity contribution in [2.45, 2.75) is 38.5 Å². The molecule has 0 aromatic carbocycles. The van der Waals surface area contributed by atoms with Crippen molar-refractivity contribution in [1.29, 1.82) is 0 Å². The summed E-state index contributed by atoms with van der Waals surface area (Å²) in [5.74, 6) is 3.80. The fourth-order valence-corrected chi connectivity index (χ4v) is 3.86. The Morgan fingerprint density at radius 1 is 1.08 bits per heavy atom. The summed E-state index contributed by atoms with van der Waals surface area (Å²) in [6, 6.07) is 0. The third-order valence-electron chi connectivity index (χ3n) is 4.42. The van der Waals surface area contributed by atoms with Crippen molar-refractivity contribution in [2.75, 3.05) is 0 Å². The fourth-order valence-electron chi connectivity index (χ4n) is 3.86. The highest BCUT2D eigenvalue weighted by Gasteiger charge is 2.47. The Morgan fingerprint density at radius 2 is 1.92 bits per heavy atom. The maximum Gasteiger partial charge on any atom is 0.136 e. The molecule has 0 radical (unpaired) electrons. The number of ketones is 1. The summed E-state index contributed by atoms with van der Waals surface area (Å²) in [6.45, 7) is 0. The van der Waals surface area contributed by atoms with Crippen LogP contribution in [-0.2, 0) is 4.79 Å². The zero-order valence-electron chi connectivity index (χ0n) is 7.46. The van der Waals surface area contributed by atoms with E-state index in [-0.39, 0.29) is 0 Å². The fraction of sp³-hybridized carbons (Fsp3) is 0.909. The Balaban J connectivity index is 1.93. The van der Waals surface area contributed by atoms with Crippen LogP contribution < -0.4 is 0 Å². The molecule has 66 valence electrons. The highest BCUT2D eigenvalue weighted by atomic mass is 16.1. The van der Waals surface area contributed by atoms with Crippen LogP contribution in [0.3, 0.4) is 0 Å². The summed E-state index contributed by atoms with van der Waals surface area (Å²) >= 11 is 0. The minimum Gasteiger partial charge on any atom is -0.299 e. The second kappa shape index (κ2) is 2.34. The van der Waals surface area contributed by atoms with Crippen LogP contribution in [0.4, 0.5) is 0 Å². The molecule has 3 rings (SSSR count). The molecule has 3 aliphatic carbocycles. The van der Waals surface area contributed by atoms with Gasteiger partial charge >= 0.3 is 0 Å². The van der Waals surface area contributed by atoms with Gasteiger partial charge in [0, 0.05) is 12.3 Å². The van der Waals surface area contributed by atoms with Crippen LogP contribution >= 0.6 is 0 Å². The highest BCUT2D eigenvalue weighted by Crippen LogP contribution is 2.53. The smallest absolute Gasteiger partial charge is 0.136 e. The van der Waals surface area contributed by atoms with Crippen LogP contribution in [0.15, 0.2) is 0 Å². The maximum absolute atomic E-state index is 11.6. The Bertz CT molecular complexity index is 219. The first kappa shape index (κ1) is 7.11. The largest absolute Gasteiger partial charge is 0.299 e. The summed E-state index contributed by atoms with van der Waals surface area (Å²) in [7, 11) is 0. The standard InChI is InChI=1S/C11H16O/c12-11-6-8-3-1-2-7-4-9(11)5-10(7)8/h7-10H,1-6H2/t7-,8+,9+,10+/m0/s1. The molecule has 0 saturated heterocycles. The number of fused-ring (bicyclic) bond motifs is 1. The zero-order chi connectivity index (χ0) is 8.13. The maximum atomic E-state index is 11.6. The summed E-state index contributed by atoms with van der Waals surface area (Å²) in [5.41, 5.74) is 0. The van der Waals surface area contributed by atoms with E-state index in [0.29, 0.717) is 11.7 Å². The van der Waals surface area contributed by atoms with Gasteiger partial charge in [-0.15, -0.1) is 0 Å². The first-order chi connectivity index (χ1) is 5.84. The molecule has 0 spiro atoms. The van der Waals surface area contributed by atoms with Crippen LogP contribution in [0.1, 0.15) is 38.5 Å². The lowest BCUT2D eigenvalue weighted by Crippen LogP contribution is -2.29. The molecule has 1 nitrogen and oxygen atoms in total. The van der Waals surface area contributed by atoms with E-state index >= 15 is 0 Å². The first-order valence-corrected chi connectivity index (χ1v) is 5.37. The van der Waals surface area contributed by atoms with E-state index in [0.717, 1.165) is 24.2 Å². The predicted molar refractivity (Wildman–Crippen MR) is 46.7 cm³/mol. The first-order valence-electron chi connectivity index (χ1n) is 5.37. The molecule has 0 heterocycles. The van der Waals surface area contributed by atoms with Crippen molar-refractivity contribution in [3.63, 3.8) is 0 Å². The average Bonchev–Trinajstić information content (AvgIpc) is 2.46. The number of carbonyl (C=O) groups is 1. The topological polar surface area (TPSA) is 17.1 Å².